The Hall–Kier alpha value is -1.00. The number of amidine groups is 1. The molecule has 90 valence electrons. The standard InChI is InChI=1S/C12H12BrN3.ClH/c1-7-11(12-14-4-5-15-12)9-6-8(13)2-3-10(9)16-7;/h2-3,6,16H,4-5H2,1H3,(H,14,15);1H. The summed E-state index contributed by atoms with van der Waals surface area (Å²) < 4.78 is 1.10. The van der Waals surface area contributed by atoms with Crippen LogP contribution in [0.25, 0.3) is 10.9 Å². The summed E-state index contributed by atoms with van der Waals surface area (Å²) in [6.07, 6.45) is 0. The third-order valence-electron chi connectivity index (χ3n) is 2.86. The summed E-state index contributed by atoms with van der Waals surface area (Å²) in [5.41, 5.74) is 3.53. The molecule has 0 saturated heterocycles. The summed E-state index contributed by atoms with van der Waals surface area (Å²) in [4.78, 5) is 7.88. The zero-order valence-corrected chi connectivity index (χ0v) is 11.8. The van der Waals surface area contributed by atoms with Crippen LogP contribution in [-0.4, -0.2) is 23.9 Å². The highest BCUT2D eigenvalue weighted by Crippen LogP contribution is 2.26. The summed E-state index contributed by atoms with van der Waals surface area (Å²) in [7, 11) is 0. The van der Waals surface area contributed by atoms with Gasteiger partial charge in [0.05, 0.1) is 6.54 Å². The number of benzene rings is 1. The number of aromatic nitrogens is 1. The van der Waals surface area contributed by atoms with Crippen LogP contribution in [0.4, 0.5) is 0 Å². The molecule has 17 heavy (non-hydrogen) atoms. The molecule has 0 radical (unpaired) electrons. The van der Waals surface area contributed by atoms with Crippen LogP contribution in [0, 0.1) is 6.92 Å². The molecule has 1 aliphatic heterocycles. The van der Waals surface area contributed by atoms with Gasteiger partial charge in [0.15, 0.2) is 0 Å². The molecule has 1 aromatic carbocycles. The van der Waals surface area contributed by atoms with Crippen molar-refractivity contribution in [3.8, 4) is 0 Å². The lowest BCUT2D eigenvalue weighted by atomic mass is 10.1. The Labute approximate surface area is 114 Å². The molecule has 0 aliphatic carbocycles. The fourth-order valence-corrected chi connectivity index (χ4v) is 2.53. The molecule has 2 aromatic rings. The maximum absolute atomic E-state index is 4.49. The van der Waals surface area contributed by atoms with Crippen molar-refractivity contribution in [2.24, 2.45) is 4.99 Å². The van der Waals surface area contributed by atoms with Gasteiger partial charge in [-0.3, -0.25) is 4.99 Å². The van der Waals surface area contributed by atoms with Gasteiger partial charge in [-0.15, -0.1) is 12.4 Å². The molecule has 0 bridgehead atoms. The number of hydrogen-bond acceptors (Lipinski definition) is 2. The minimum absolute atomic E-state index is 0. The van der Waals surface area contributed by atoms with Crippen LogP contribution in [0.5, 0.6) is 0 Å². The lowest BCUT2D eigenvalue weighted by Crippen LogP contribution is -2.19. The molecule has 0 fully saturated rings. The maximum atomic E-state index is 4.49. The number of aromatic amines is 1. The van der Waals surface area contributed by atoms with E-state index in [1.807, 2.05) is 6.07 Å². The average molecular weight is 315 g/mol. The molecule has 0 saturated carbocycles. The van der Waals surface area contributed by atoms with Crippen LogP contribution in [0.1, 0.15) is 11.3 Å². The molecule has 5 heteroatoms. The first-order valence-corrected chi connectivity index (χ1v) is 6.11. The lowest BCUT2D eigenvalue weighted by Gasteiger charge is -2.02. The summed E-state index contributed by atoms with van der Waals surface area (Å²) >= 11 is 3.51. The maximum Gasteiger partial charge on any atom is 0.130 e. The topological polar surface area (TPSA) is 40.2 Å². The number of nitrogens with one attached hydrogen (secondary N) is 2. The number of aryl methyl sites for hydroxylation is 1. The Kier molecular flexibility index (Phi) is 3.45. The van der Waals surface area contributed by atoms with E-state index in [4.69, 9.17) is 0 Å². The van der Waals surface area contributed by atoms with Crippen molar-refractivity contribution >= 4 is 45.1 Å². The van der Waals surface area contributed by atoms with Gasteiger partial charge in [-0.1, -0.05) is 15.9 Å². The zero-order valence-electron chi connectivity index (χ0n) is 9.38. The minimum Gasteiger partial charge on any atom is -0.368 e. The third-order valence-corrected chi connectivity index (χ3v) is 3.35. The normalized spacial score (nSPS) is 14.4. The summed E-state index contributed by atoms with van der Waals surface area (Å²) in [6, 6.07) is 6.27. The first-order chi connectivity index (χ1) is 7.75. The molecule has 0 atom stereocenters. The van der Waals surface area contributed by atoms with Crippen LogP contribution in [0.3, 0.4) is 0 Å². The highest BCUT2D eigenvalue weighted by atomic mass is 79.9. The van der Waals surface area contributed by atoms with E-state index in [0.29, 0.717) is 0 Å². The Morgan fingerprint density at radius 1 is 1.35 bits per heavy atom. The molecule has 0 spiro atoms. The molecule has 2 N–H and O–H groups in total. The van der Waals surface area contributed by atoms with Crippen LogP contribution < -0.4 is 5.32 Å². The van der Waals surface area contributed by atoms with E-state index < -0.39 is 0 Å². The molecule has 0 amide bonds. The smallest absolute Gasteiger partial charge is 0.130 e. The molecular formula is C12H13BrClN3. The summed E-state index contributed by atoms with van der Waals surface area (Å²) in [5.74, 6) is 1.02. The highest BCUT2D eigenvalue weighted by molar-refractivity contribution is 9.10. The molecule has 0 unspecified atom stereocenters. The molecule has 3 rings (SSSR count). The number of hydrogen-bond donors (Lipinski definition) is 2. The van der Waals surface area contributed by atoms with E-state index in [1.54, 1.807) is 0 Å². The number of halogens is 2. The first-order valence-electron chi connectivity index (χ1n) is 5.32. The molecule has 3 nitrogen and oxygen atoms in total. The second-order valence-corrected chi connectivity index (χ2v) is 4.89. The number of nitrogens with zero attached hydrogens (tertiary/aromatic N) is 1. The van der Waals surface area contributed by atoms with Crippen molar-refractivity contribution in [1.82, 2.24) is 10.3 Å². The number of aliphatic imine (C=N–C) groups is 1. The van der Waals surface area contributed by atoms with Gasteiger partial charge in [-0.2, -0.15) is 0 Å². The van der Waals surface area contributed by atoms with Crippen LogP contribution in [-0.2, 0) is 0 Å². The van der Waals surface area contributed by atoms with E-state index in [1.165, 1.54) is 16.6 Å². The fraction of sp³-hybridized carbons (Fsp3) is 0.250. The Morgan fingerprint density at radius 2 is 2.18 bits per heavy atom. The molecule has 1 aliphatic rings. The van der Waals surface area contributed by atoms with Crippen molar-refractivity contribution in [2.45, 2.75) is 6.92 Å². The van der Waals surface area contributed by atoms with Gasteiger partial charge in [-0.05, 0) is 25.1 Å². The Bertz CT molecular complexity index is 589. The van der Waals surface area contributed by atoms with Gasteiger partial charge in [0, 0.05) is 33.2 Å². The largest absolute Gasteiger partial charge is 0.368 e. The summed E-state index contributed by atoms with van der Waals surface area (Å²) in [6.45, 7) is 3.90. The van der Waals surface area contributed by atoms with Crippen LogP contribution in [0.15, 0.2) is 27.7 Å². The predicted molar refractivity (Wildman–Crippen MR) is 77.4 cm³/mol. The van der Waals surface area contributed by atoms with E-state index in [0.717, 1.165) is 28.9 Å². The number of rotatable bonds is 1. The van der Waals surface area contributed by atoms with E-state index in [-0.39, 0.29) is 12.4 Å². The molecule has 1 aromatic heterocycles. The van der Waals surface area contributed by atoms with Gasteiger partial charge in [-0.25, -0.2) is 0 Å². The van der Waals surface area contributed by atoms with Crippen molar-refractivity contribution in [1.29, 1.82) is 0 Å². The van der Waals surface area contributed by atoms with Gasteiger partial charge in [0.1, 0.15) is 5.84 Å². The van der Waals surface area contributed by atoms with Crippen molar-refractivity contribution in [3.05, 3.63) is 33.9 Å². The lowest BCUT2D eigenvalue weighted by molar-refractivity contribution is 0.960. The predicted octanol–water partition coefficient (Wildman–Crippen LogP) is 3.01. The van der Waals surface area contributed by atoms with Crippen molar-refractivity contribution in [3.63, 3.8) is 0 Å². The minimum atomic E-state index is 0. The van der Waals surface area contributed by atoms with Gasteiger partial charge < -0.3 is 10.3 Å². The number of fused-ring (bicyclic) bond motifs is 1. The van der Waals surface area contributed by atoms with Crippen molar-refractivity contribution < 1.29 is 0 Å². The second-order valence-electron chi connectivity index (χ2n) is 3.97. The average Bonchev–Trinajstić information content (AvgIpc) is 2.83. The SMILES string of the molecule is Cc1[nH]c2ccc(Br)cc2c1C1=NCCN1.Cl. The fourth-order valence-electron chi connectivity index (χ4n) is 2.17. The van der Waals surface area contributed by atoms with Gasteiger partial charge in [0.2, 0.25) is 0 Å². The Balaban J connectivity index is 0.00000108. The first kappa shape index (κ1) is 12.5. The van der Waals surface area contributed by atoms with Crippen LogP contribution >= 0.6 is 28.3 Å². The van der Waals surface area contributed by atoms with E-state index in [9.17, 15) is 0 Å². The van der Waals surface area contributed by atoms with E-state index >= 15 is 0 Å². The third kappa shape index (κ3) is 2.07. The monoisotopic (exact) mass is 313 g/mol. The Morgan fingerprint density at radius 3 is 2.88 bits per heavy atom. The molecular weight excluding hydrogens is 302 g/mol. The van der Waals surface area contributed by atoms with Gasteiger partial charge in [0.25, 0.3) is 0 Å². The second kappa shape index (κ2) is 4.70. The van der Waals surface area contributed by atoms with Gasteiger partial charge >= 0.3 is 0 Å². The number of H-pyrrole nitrogens is 1. The van der Waals surface area contributed by atoms with E-state index in [2.05, 4.69) is 50.3 Å². The highest BCUT2D eigenvalue weighted by Gasteiger charge is 2.16. The molecule has 2 heterocycles. The quantitative estimate of drug-likeness (QED) is 0.834. The van der Waals surface area contributed by atoms with Crippen molar-refractivity contribution in [2.75, 3.05) is 13.1 Å². The summed E-state index contributed by atoms with van der Waals surface area (Å²) in [5, 5.41) is 4.55. The van der Waals surface area contributed by atoms with Crippen LogP contribution in [0.2, 0.25) is 0 Å². The zero-order chi connectivity index (χ0) is 11.1.